The number of aryl methyl sites for hydroxylation is 4. The van der Waals surface area contributed by atoms with E-state index in [2.05, 4.69) is 47.4 Å². The summed E-state index contributed by atoms with van der Waals surface area (Å²) in [6.07, 6.45) is 3.70. The van der Waals surface area contributed by atoms with Crippen molar-refractivity contribution >= 4 is 23.4 Å². The molecule has 1 unspecified atom stereocenters. The van der Waals surface area contributed by atoms with E-state index in [9.17, 15) is 4.79 Å². The molecule has 2 heterocycles. The average Bonchev–Trinajstić information content (AvgIpc) is 3.16. The number of thioether (sulfide) groups is 1. The van der Waals surface area contributed by atoms with Crippen molar-refractivity contribution in [1.29, 1.82) is 0 Å². The van der Waals surface area contributed by atoms with E-state index in [1.165, 1.54) is 22.9 Å². The second kappa shape index (κ2) is 7.60. The lowest BCUT2D eigenvalue weighted by molar-refractivity contribution is -0.115. The van der Waals surface area contributed by atoms with E-state index in [1.807, 2.05) is 38.6 Å². The molecule has 1 atom stereocenters. The predicted molar refractivity (Wildman–Crippen MR) is 110 cm³/mol. The number of hydrogen-bond acceptors (Lipinski definition) is 4. The lowest BCUT2D eigenvalue weighted by atomic mass is 10.1. The van der Waals surface area contributed by atoms with Gasteiger partial charge in [0.1, 0.15) is 0 Å². The van der Waals surface area contributed by atoms with Gasteiger partial charge in [-0.15, -0.1) is 0 Å². The molecule has 6 nitrogen and oxygen atoms in total. The third-order valence-electron chi connectivity index (χ3n) is 4.64. The van der Waals surface area contributed by atoms with Crippen molar-refractivity contribution in [1.82, 2.24) is 19.3 Å². The molecule has 0 aliphatic rings. The summed E-state index contributed by atoms with van der Waals surface area (Å²) in [5.41, 5.74) is 5.98. The molecule has 2 aromatic heterocycles. The number of nitrogens with one attached hydrogen (secondary N) is 1. The molecule has 142 valence electrons. The highest BCUT2D eigenvalue weighted by atomic mass is 32.2. The van der Waals surface area contributed by atoms with E-state index in [4.69, 9.17) is 0 Å². The van der Waals surface area contributed by atoms with Crippen LogP contribution in [0.25, 0.3) is 5.69 Å². The Kier molecular flexibility index (Phi) is 5.41. The summed E-state index contributed by atoms with van der Waals surface area (Å²) in [5, 5.41) is 7.86. The van der Waals surface area contributed by atoms with Gasteiger partial charge in [-0.3, -0.25) is 14.0 Å². The van der Waals surface area contributed by atoms with E-state index in [-0.39, 0.29) is 11.2 Å². The van der Waals surface area contributed by atoms with Crippen molar-refractivity contribution in [2.45, 2.75) is 45.0 Å². The molecule has 0 radical (unpaired) electrons. The number of rotatable bonds is 5. The summed E-state index contributed by atoms with van der Waals surface area (Å²) in [7, 11) is 1.87. The van der Waals surface area contributed by atoms with Crippen LogP contribution in [0.15, 0.2) is 35.7 Å². The van der Waals surface area contributed by atoms with Crippen molar-refractivity contribution in [3.05, 3.63) is 53.1 Å². The van der Waals surface area contributed by atoms with Crippen LogP contribution in [0.3, 0.4) is 0 Å². The summed E-state index contributed by atoms with van der Waals surface area (Å²) < 4.78 is 3.81. The van der Waals surface area contributed by atoms with Gasteiger partial charge in [0.15, 0.2) is 5.16 Å². The summed E-state index contributed by atoms with van der Waals surface area (Å²) in [5.74, 6) is -0.0604. The highest BCUT2D eigenvalue weighted by Gasteiger charge is 2.21. The SMILES string of the molecule is Cc1ccc(C)c(-n2ccnc2SC(C)C(=O)Nc2c(C)nn(C)c2C)c1. The van der Waals surface area contributed by atoms with Gasteiger partial charge in [-0.25, -0.2) is 4.98 Å². The Morgan fingerprint density at radius 2 is 1.96 bits per heavy atom. The lowest BCUT2D eigenvalue weighted by Crippen LogP contribution is -2.23. The van der Waals surface area contributed by atoms with Crippen LogP contribution < -0.4 is 5.32 Å². The Balaban J connectivity index is 1.79. The molecule has 1 amide bonds. The summed E-state index contributed by atoms with van der Waals surface area (Å²) in [4.78, 5) is 17.2. The van der Waals surface area contributed by atoms with Gasteiger partial charge in [0.05, 0.1) is 28.0 Å². The molecule has 1 N–H and O–H groups in total. The number of benzene rings is 1. The molecule has 0 aliphatic carbocycles. The maximum absolute atomic E-state index is 12.7. The van der Waals surface area contributed by atoms with Crippen LogP contribution in [0.2, 0.25) is 0 Å². The Morgan fingerprint density at radius 1 is 1.22 bits per heavy atom. The minimum atomic E-state index is -0.296. The third-order valence-corrected chi connectivity index (χ3v) is 5.72. The zero-order valence-corrected chi connectivity index (χ0v) is 17.4. The minimum absolute atomic E-state index is 0.0604. The number of aromatic nitrogens is 4. The molecule has 7 heteroatoms. The Morgan fingerprint density at radius 3 is 2.63 bits per heavy atom. The molecule has 0 fully saturated rings. The van der Waals surface area contributed by atoms with E-state index < -0.39 is 0 Å². The van der Waals surface area contributed by atoms with Crippen LogP contribution in [0.5, 0.6) is 0 Å². The number of amides is 1. The number of imidazole rings is 1. The number of carbonyl (C=O) groups is 1. The van der Waals surface area contributed by atoms with E-state index in [1.54, 1.807) is 10.9 Å². The molecule has 0 bridgehead atoms. The predicted octanol–water partition coefficient (Wildman–Crippen LogP) is 3.96. The van der Waals surface area contributed by atoms with E-state index >= 15 is 0 Å². The maximum Gasteiger partial charge on any atom is 0.237 e. The molecule has 0 aliphatic heterocycles. The fourth-order valence-electron chi connectivity index (χ4n) is 2.93. The molecule has 27 heavy (non-hydrogen) atoms. The number of hydrogen-bond donors (Lipinski definition) is 1. The fraction of sp³-hybridized carbons (Fsp3) is 0.350. The zero-order valence-electron chi connectivity index (χ0n) is 16.6. The first-order valence-corrected chi connectivity index (χ1v) is 9.74. The van der Waals surface area contributed by atoms with E-state index in [0.29, 0.717) is 0 Å². The molecule has 0 saturated heterocycles. The normalized spacial score (nSPS) is 12.2. The van der Waals surface area contributed by atoms with Crippen LogP contribution in [0, 0.1) is 27.7 Å². The number of nitrogens with zero attached hydrogens (tertiary/aromatic N) is 4. The van der Waals surface area contributed by atoms with Crippen molar-refractivity contribution in [2.24, 2.45) is 7.05 Å². The van der Waals surface area contributed by atoms with Crippen molar-refractivity contribution in [2.75, 3.05) is 5.32 Å². The first-order chi connectivity index (χ1) is 12.8. The molecule has 0 spiro atoms. The number of carbonyl (C=O) groups excluding carboxylic acids is 1. The smallest absolute Gasteiger partial charge is 0.237 e. The van der Waals surface area contributed by atoms with Gasteiger partial charge in [-0.1, -0.05) is 23.9 Å². The Hall–Kier alpha value is -2.54. The van der Waals surface area contributed by atoms with Crippen molar-refractivity contribution in [3.63, 3.8) is 0 Å². The summed E-state index contributed by atoms with van der Waals surface area (Å²) in [6, 6.07) is 6.33. The van der Waals surface area contributed by atoms with Gasteiger partial charge in [0.2, 0.25) is 5.91 Å². The molecule has 3 rings (SSSR count). The molecule has 3 aromatic rings. The highest BCUT2D eigenvalue weighted by molar-refractivity contribution is 8.00. The lowest BCUT2D eigenvalue weighted by Gasteiger charge is -2.15. The van der Waals surface area contributed by atoms with Gasteiger partial charge in [0, 0.05) is 19.4 Å². The third kappa shape index (κ3) is 3.93. The highest BCUT2D eigenvalue weighted by Crippen LogP contribution is 2.28. The Labute approximate surface area is 164 Å². The fourth-order valence-corrected chi connectivity index (χ4v) is 3.81. The topological polar surface area (TPSA) is 64.7 Å². The quantitative estimate of drug-likeness (QED) is 0.678. The Bertz CT molecular complexity index is 988. The zero-order chi connectivity index (χ0) is 19.7. The van der Waals surface area contributed by atoms with Gasteiger partial charge in [-0.2, -0.15) is 5.10 Å². The molecular formula is C20H25N5OS. The second-order valence-corrected chi connectivity index (χ2v) is 8.10. The van der Waals surface area contributed by atoms with E-state index in [0.717, 1.165) is 27.9 Å². The second-order valence-electron chi connectivity index (χ2n) is 6.79. The summed E-state index contributed by atoms with van der Waals surface area (Å²) >= 11 is 1.44. The standard InChI is InChI=1S/C20H25N5OS/c1-12-7-8-13(2)17(11-12)25-10-9-21-20(25)27-16(5)19(26)22-18-14(3)23-24(6)15(18)4/h7-11,16H,1-6H3,(H,22,26). The van der Waals surface area contributed by atoms with Crippen LogP contribution in [0.4, 0.5) is 5.69 Å². The largest absolute Gasteiger partial charge is 0.322 e. The van der Waals surface area contributed by atoms with Crippen LogP contribution in [0.1, 0.15) is 29.4 Å². The van der Waals surface area contributed by atoms with Crippen LogP contribution in [-0.2, 0) is 11.8 Å². The van der Waals surface area contributed by atoms with Crippen molar-refractivity contribution < 1.29 is 4.79 Å². The first-order valence-electron chi connectivity index (χ1n) is 8.86. The summed E-state index contributed by atoms with van der Waals surface area (Å²) in [6.45, 7) is 9.88. The van der Waals surface area contributed by atoms with Crippen LogP contribution >= 0.6 is 11.8 Å². The minimum Gasteiger partial charge on any atom is -0.322 e. The van der Waals surface area contributed by atoms with Gasteiger partial charge in [-0.05, 0) is 51.8 Å². The van der Waals surface area contributed by atoms with Crippen LogP contribution in [-0.4, -0.2) is 30.5 Å². The van der Waals surface area contributed by atoms with Gasteiger partial charge < -0.3 is 5.32 Å². The van der Waals surface area contributed by atoms with Gasteiger partial charge >= 0.3 is 0 Å². The number of anilines is 1. The molecular weight excluding hydrogens is 358 g/mol. The first kappa shape index (κ1) is 19.2. The average molecular weight is 384 g/mol. The maximum atomic E-state index is 12.7. The monoisotopic (exact) mass is 383 g/mol. The molecule has 1 aromatic carbocycles. The van der Waals surface area contributed by atoms with Gasteiger partial charge in [0.25, 0.3) is 0 Å². The van der Waals surface area contributed by atoms with Crippen molar-refractivity contribution in [3.8, 4) is 5.69 Å². The molecule has 0 saturated carbocycles.